The predicted molar refractivity (Wildman–Crippen MR) is 85.1 cm³/mol. The highest BCUT2D eigenvalue weighted by molar-refractivity contribution is 5.80. The van der Waals surface area contributed by atoms with Crippen molar-refractivity contribution in [3.05, 3.63) is 0 Å². The fourth-order valence-corrected chi connectivity index (χ4v) is 1.77. The molecule has 20 heavy (non-hydrogen) atoms. The second-order valence-corrected chi connectivity index (χ2v) is 7.60. The summed E-state index contributed by atoms with van der Waals surface area (Å²) in [6, 6.07) is 0. The van der Waals surface area contributed by atoms with E-state index in [9.17, 15) is 4.79 Å². The van der Waals surface area contributed by atoms with Crippen LogP contribution in [0.4, 0.5) is 0 Å². The first-order valence-electron chi connectivity index (χ1n) is 7.65. The largest absolute Gasteiger partial charge is 0.380 e. The van der Waals surface area contributed by atoms with Crippen LogP contribution in [-0.4, -0.2) is 44.2 Å². The summed E-state index contributed by atoms with van der Waals surface area (Å²) >= 11 is 0. The van der Waals surface area contributed by atoms with Crippen LogP contribution in [0.1, 0.15) is 54.4 Å². The number of hydrogen-bond acceptors (Lipinski definition) is 4. The molecule has 0 aliphatic rings. The number of hydrogen-bond donors (Lipinski definition) is 2. The average Bonchev–Trinajstić information content (AvgIpc) is 2.22. The van der Waals surface area contributed by atoms with E-state index in [2.05, 4.69) is 52.2 Å². The molecule has 0 rings (SSSR count). The maximum Gasteiger partial charge on any atom is 0.147 e. The van der Waals surface area contributed by atoms with E-state index in [0.29, 0.717) is 19.6 Å². The lowest BCUT2D eigenvalue weighted by Crippen LogP contribution is -2.36. The normalized spacial score (nSPS) is 12.7. The van der Waals surface area contributed by atoms with Gasteiger partial charge in [0, 0.05) is 25.1 Å². The molecule has 0 bridgehead atoms. The molecule has 0 saturated carbocycles. The minimum Gasteiger partial charge on any atom is -0.380 e. The molecular weight excluding hydrogens is 252 g/mol. The van der Waals surface area contributed by atoms with E-state index < -0.39 is 0 Å². The van der Waals surface area contributed by atoms with Gasteiger partial charge in [-0.2, -0.15) is 0 Å². The van der Waals surface area contributed by atoms with E-state index in [0.717, 1.165) is 26.1 Å². The van der Waals surface area contributed by atoms with Crippen molar-refractivity contribution in [2.45, 2.75) is 59.9 Å². The average molecular weight is 286 g/mol. The Bertz CT molecular complexity index is 265. The summed E-state index contributed by atoms with van der Waals surface area (Å²) in [6.45, 7) is 16.3. The van der Waals surface area contributed by atoms with Crippen molar-refractivity contribution in [1.29, 1.82) is 0 Å². The summed E-state index contributed by atoms with van der Waals surface area (Å²) < 4.78 is 5.52. The number of carbonyl (C=O) groups is 1. The second kappa shape index (κ2) is 9.48. The number of carbonyl (C=O) groups excluding carboxylic acids is 1. The number of ketones is 1. The summed E-state index contributed by atoms with van der Waals surface area (Å²) in [5.41, 5.74) is 0.254. The van der Waals surface area contributed by atoms with E-state index in [1.54, 1.807) is 0 Å². The van der Waals surface area contributed by atoms with Crippen LogP contribution in [0.2, 0.25) is 0 Å². The summed E-state index contributed by atoms with van der Waals surface area (Å²) in [7, 11) is 0. The van der Waals surface area contributed by atoms with Crippen LogP contribution in [0, 0.1) is 5.41 Å². The molecule has 4 nitrogen and oxygen atoms in total. The van der Waals surface area contributed by atoms with Crippen LogP contribution in [-0.2, 0) is 9.53 Å². The van der Waals surface area contributed by atoms with Crippen LogP contribution in [0.15, 0.2) is 0 Å². The number of Topliss-reactive ketones (excluding diaryl/α,β-unsaturated/α-hetero) is 1. The highest BCUT2D eigenvalue weighted by atomic mass is 16.5. The van der Waals surface area contributed by atoms with Crippen LogP contribution < -0.4 is 10.6 Å². The molecule has 0 spiro atoms. The van der Waals surface area contributed by atoms with Gasteiger partial charge in [-0.05, 0) is 39.2 Å². The quantitative estimate of drug-likeness (QED) is 0.605. The summed E-state index contributed by atoms with van der Waals surface area (Å²) in [4.78, 5) is 11.6. The zero-order valence-corrected chi connectivity index (χ0v) is 14.3. The molecule has 0 aromatic rings. The third-order valence-electron chi connectivity index (χ3n) is 2.59. The first-order chi connectivity index (χ1) is 9.10. The molecule has 0 saturated heterocycles. The Morgan fingerprint density at radius 2 is 1.65 bits per heavy atom. The van der Waals surface area contributed by atoms with Crippen LogP contribution in [0.25, 0.3) is 0 Å². The van der Waals surface area contributed by atoms with Gasteiger partial charge in [0.2, 0.25) is 0 Å². The molecule has 0 unspecified atom stereocenters. The summed E-state index contributed by atoms with van der Waals surface area (Å²) in [5.74, 6) is 0.270. The van der Waals surface area contributed by atoms with Gasteiger partial charge in [-0.3, -0.25) is 4.79 Å². The van der Waals surface area contributed by atoms with Crippen LogP contribution in [0.5, 0.6) is 0 Å². The topological polar surface area (TPSA) is 50.4 Å². The molecule has 120 valence electrons. The third kappa shape index (κ3) is 15.6. The highest BCUT2D eigenvalue weighted by Gasteiger charge is 2.15. The Labute approximate surface area is 125 Å². The Balaban J connectivity index is 3.31. The van der Waals surface area contributed by atoms with Gasteiger partial charge in [0.15, 0.2) is 0 Å². The Morgan fingerprint density at radius 1 is 1.00 bits per heavy atom. The van der Waals surface area contributed by atoms with E-state index in [1.807, 2.05) is 0 Å². The van der Waals surface area contributed by atoms with Crippen molar-refractivity contribution >= 4 is 5.78 Å². The Hall–Kier alpha value is -0.450. The standard InChI is InChI=1S/C16H34N2O2/c1-15(2,3)12-14(19)13-17-9-11-20-10-7-8-18-16(4,5)6/h17-18H,7-13H2,1-6H3. The molecule has 0 heterocycles. The van der Waals surface area contributed by atoms with Crippen molar-refractivity contribution in [3.63, 3.8) is 0 Å². The van der Waals surface area contributed by atoms with Crippen molar-refractivity contribution in [3.8, 4) is 0 Å². The molecule has 0 radical (unpaired) electrons. The van der Waals surface area contributed by atoms with Crippen molar-refractivity contribution in [2.24, 2.45) is 5.41 Å². The monoisotopic (exact) mass is 286 g/mol. The second-order valence-electron chi connectivity index (χ2n) is 7.60. The van der Waals surface area contributed by atoms with Gasteiger partial charge < -0.3 is 15.4 Å². The molecule has 0 aliphatic heterocycles. The molecule has 0 aromatic heterocycles. The lowest BCUT2D eigenvalue weighted by atomic mass is 9.90. The first kappa shape index (κ1) is 19.6. The fraction of sp³-hybridized carbons (Fsp3) is 0.938. The van der Waals surface area contributed by atoms with Gasteiger partial charge in [0.25, 0.3) is 0 Å². The molecule has 0 aliphatic carbocycles. The van der Waals surface area contributed by atoms with E-state index in [-0.39, 0.29) is 16.7 Å². The Morgan fingerprint density at radius 3 is 2.20 bits per heavy atom. The zero-order valence-electron chi connectivity index (χ0n) is 14.3. The smallest absolute Gasteiger partial charge is 0.147 e. The lowest BCUT2D eigenvalue weighted by Gasteiger charge is -2.20. The van der Waals surface area contributed by atoms with E-state index in [1.165, 1.54) is 0 Å². The minimum absolute atomic E-state index is 0.0787. The van der Waals surface area contributed by atoms with Gasteiger partial charge in [-0.25, -0.2) is 0 Å². The number of ether oxygens (including phenoxy) is 1. The van der Waals surface area contributed by atoms with E-state index >= 15 is 0 Å². The van der Waals surface area contributed by atoms with Crippen molar-refractivity contribution in [2.75, 3.05) is 32.8 Å². The maximum atomic E-state index is 11.6. The van der Waals surface area contributed by atoms with Gasteiger partial charge in [0.1, 0.15) is 5.78 Å². The molecule has 0 fully saturated rings. The first-order valence-corrected chi connectivity index (χ1v) is 7.65. The Kier molecular flexibility index (Phi) is 9.27. The third-order valence-corrected chi connectivity index (χ3v) is 2.59. The maximum absolute atomic E-state index is 11.6. The van der Waals surface area contributed by atoms with Crippen LogP contribution >= 0.6 is 0 Å². The highest BCUT2D eigenvalue weighted by Crippen LogP contribution is 2.18. The lowest BCUT2D eigenvalue weighted by molar-refractivity contribution is -0.119. The molecular formula is C16H34N2O2. The van der Waals surface area contributed by atoms with Gasteiger partial charge in [0.05, 0.1) is 13.2 Å². The van der Waals surface area contributed by atoms with Crippen LogP contribution in [0.3, 0.4) is 0 Å². The van der Waals surface area contributed by atoms with Gasteiger partial charge in [-0.15, -0.1) is 0 Å². The van der Waals surface area contributed by atoms with Gasteiger partial charge in [-0.1, -0.05) is 20.8 Å². The van der Waals surface area contributed by atoms with E-state index in [4.69, 9.17) is 4.74 Å². The molecule has 0 amide bonds. The number of nitrogens with one attached hydrogen (secondary N) is 2. The number of rotatable bonds is 10. The molecule has 0 aromatic carbocycles. The molecule has 0 atom stereocenters. The summed E-state index contributed by atoms with van der Waals surface area (Å²) in [5, 5.41) is 6.55. The zero-order chi connectivity index (χ0) is 15.6. The minimum atomic E-state index is 0.0787. The molecule has 2 N–H and O–H groups in total. The van der Waals surface area contributed by atoms with Crippen molar-refractivity contribution in [1.82, 2.24) is 10.6 Å². The SMILES string of the molecule is CC(C)(C)CC(=O)CNCCOCCCNC(C)(C)C. The fourth-order valence-electron chi connectivity index (χ4n) is 1.77. The summed E-state index contributed by atoms with van der Waals surface area (Å²) in [6.07, 6.45) is 1.64. The van der Waals surface area contributed by atoms with Crippen molar-refractivity contribution < 1.29 is 9.53 Å². The molecule has 4 heteroatoms. The predicted octanol–water partition coefficient (Wildman–Crippen LogP) is 2.38. The van der Waals surface area contributed by atoms with Gasteiger partial charge >= 0.3 is 0 Å².